The minimum atomic E-state index is -0.300. The Morgan fingerprint density at radius 1 is 1.21 bits per heavy atom. The minimum Gasteiger partial charge on any atom is -0.377 e. The molecule has 1 aromatic rings. The summed E-state index contributed by atoms with van der Waals surface area (Å²) < 4.78 is 0. The molecule has 0 radical (unpaired) electrons. The zero-order valence-corrected chi connectivity index (χ0v) is 19.1. The third kappa shape index (κ3) is 6.38. The number of amides is 3. The summed E-state index contributed by atoms with van der Waals surface area (Å²) in [4.78, 5) is 29.3. The Kier molecular flexibility index (Phi) is 7.55. The lowest BCUT2D eigenvalue weighted by Gasteiger charge is -2.33. The molecule has 0 unspecified atom stereocenters. The lowest BCUT2D eigenvalue weighted by atomic mass is 9.85. The molecule has 0 saturated heterocycles. The van der Waals surface area contributed by atoms with Crippen LogP contribution >= 0.6 is 0 Å². The maximum absolute atomic E-state index is 13.0. The second kappa shape index (κ2) is 9.51. The molecular formula is C23H38N4O2. The van der Waals surface area contributed by atoms with Crippen molar-refractivity contribution in [3.8, 4) is 0 Å². The SMILES string of the molecule is CC[C@H](C)N(Cc1cc(NC(=O)C2CCC2)ccc1N(C)C)C(=O)NC(C)(C)C. The standard InChI is InChI=1S/C23H38N4O2/c1-8-16(2)27(22(29)25-23(3,4)5)15-18-14-19(12-13-20(18)26(6)7)24-21(28)17-10-9-11-17/h12-14,16-17H,8-11,15H2,1-7H3,(H,24,28)(H,25,29)/t16-/m0/s1. The fourth-order valence-electron chi connectivity index (χ4n) is 3.37. The molecule has 3 amide bonds. The van der Waals surface area contributed by atoms with Gasteiger partial charge in [-0.3, -0.25) is 4.79 Å². The van der Waals surface area contributed by atoms with Crippen LogP contribution in [0.4, 0.5) is 16.2 Å². The second-order valence-electron chi connectivity index (χ2n) is 9.42. The summed E-state index contributed by atoms with van der Waals surface area (Å²) in [5, 5.41) is 6.14. The van der Waals surface area contributed by atoms with E-state index in [1.54, 1.807) is 0 Å². The fourth-order valence-corrected chi connectivity index (χ4v) is 3.37. The van der Waals surface area contributed by atoms with Crippen LogP contribution in [0.2, 0.25) is 0 Å². The zero-order chi connectivity index (χ0) is 21.8. The molecule has 29 heavy (non-hydrogen) atoms. The number of hydrogen-bond donors (Lipinski definition) is 2. The van der Waals surface area contributed by atoms with Gasteiger partial charge in [-0.15, -0.1) is 0 Å². The van der Waals surface area contributed by atoms with Crippen molar-refractivity contribution >= 4 is 23.3 Å². The number of nitrogens with zero attached hydrogens (tertiary/aromatic N) is 2. The van der Waals surface area contributed by atoms with Crippen LogP contribution in [0.25, 0.3) is 0 Å². The van der Waals surface area contributed by atoms with E-state index in [1.807, 2.05) is 62.9 Å². The highest BCUT2D eigenvalue weighted by atomic mass is 16.2. The number of hydrogen-bond acceptors (Lipinski definition) is 3. The van der Waals surface area contributed by atoms with Crippen molar-refractivity contribution < 1.29 is 9.59 Å². The molecule has 0 aliphatic heterocycles. The van der Waals surface area contributed by atoms with E-state index in [-0.39, 0.29) is 29.4 Å². The van der Waals surface area contributed by atoms with Crippen molar-refractivity contribution in [3.63, 3.8) is 0 Å². The third-order valence-corrected chi connectivity index (χ3v) is 5.51. The number of carbonyl (C=O) groups is 2. The molecule has 1 aliphatic rings. The minimum absolute atomic E-state index is 0.0690. The number of rotatable bonds is 7. The summed E-state index contributed by atoms with van der Waals surface area (Å²) in [6.07, 6.45) is 3.95. The first kappa shape index (κ1) is 23.0. The first-order valence-corrected chi connectivity index (χ1v) is 10.7. The molecule has 2 N–H and O–H groups in total. The first-order chi connectivity index (χ1) is 13.5. The van der Waals surface area contributed by atoms with E-state index in [1.165, 1.54) is 0 Å². The van der Waals surface area contributed by atoms with E-state index in [0.29, 0.717) is 6.54 Å². The van der Waals surface area contributed by atoms with Crippen LogP contribution in [0.1, 0.15) is 65.9 Å². The van der Waals surface area contributed by atoms with Gasteiger partial charge in [-0.25, -0.2) is 4.79 Å². The Balaban J connectivity index is 2.28. The smallest absolute Gasteiger partial charge is 0.318 e. The topological polar surface area (TPSA) is 64.7 Å². The summed E-state index contributed by atoms with van der Waals surface area (Å²) in [6.45, 7) is 10.6. The predicted octanol–water partition coefficient (Wildman–Crippen LogP) is 4.60. The van der Waals surface area contributed by atoms with Gasteiger partial charge in [0, 0.05) is 49.5 Å². The first-order valence-electron chi connectivity index (χ1n) is 10.7. The molecule has 0 heterocycles. The highest BCUT2D eigenvalue weighted by molar-refractivity contribution is 5.93. The van der Waals surface area contributed by atoms with Gasteiger partial charge in [0.05, 0.1) is 0 Å². The van der Waals surface area contributed by atoms with Crippen molar-refractivity contribution in [1.82, 2.24) is 10.2 Å². The number of urea groups is 1. The molecule has 2 rings (SSSR count). The summed E-state index contributed by atoms with van der Waals surface area (Å²) in [5.74, 6) is 0.241. The monoisotopic (exact) mass is 402 g/mol. The number of benzene rings is 1. The Morgan fingerprint density at radius 2 is 1.86 bits per heavy atom. The molecule has 0 bridgehead atoms. The Hall–Kier alpha value is -2.24. The molecule has 6 heteroatoms. The molecule has 1 aromatic carbocycles. The van der Waals surface area contributed by atoms with Gasteiger partial charge in [-0.05, 0) is 70.7 Å². The largest absolute Gasteiger partial charge is 0.377 e. The van der Waals surface area contributed by atoms with Crippen LogP contribution in [0.3, 0.4) is 0 Å². The lowest BCUT2D eigenvalue weighted by Crippen LogP contribution is -2.51. The average molecular weight is 403 g/mol. The van der Waals surface area contributed by atoms with Gasteiger partial charge < -0.3 is 20.4 Å². The predicted molar refractivity (Wildman–Crippen MR) is 120 cm³/mol. The Bertz CT molecular complexity index is 720. The molecular weight excluding hydrogens is 364 g/mol. The van der Waals surface area contributed by atoms with Gasteiger partial charge >= 0.3 is 6.03 Å². The van der Waals surface area contributed by atoms with Gasteiger partial charge in [-0.2, -0.15) is 0 Å². The van der Waals surface area contributed by atoms with Crippen molar-refractivity contribution in [2.75, 3.05) is 24.3 Å². The fraction of sp³-hybridized carbons (Fsp3) is 0.652. The van der Waals surface area contributed by atoms with Gasteiger partial charge in [0.15, 0.2) is 0 Å². The van der Waals surface area contributed by atoms with E-state index in [2.05, 4.69) is 24.5 Å². The van der Waals surface area contributed by atoms with E-state index in [9.17, 15) is 9.59 Å². The molecule has 1 saturated carbocycles. The number of anilines is 2. The third-order valence-electron chi connectivity index (χ3n) is 5.51. The van der Waals surface area contributed by atoms with Gasteiger partial charge in [0.2, 0.25) is 5.91 Å². The van der Waals surface area contributed by atoms with Crippen LogP contribution < -0.4 is 15.5 Å². The molecule has 0 spiro atoms. The van der Waals surface area contributed by atoms with Crippen LogP contribution in [-0.4, -0.2) is 42.5 Å². The summed E-state index contributed by atoms with van der Waals surface area (Å²) in [7, 11) is 3.99. The quantitative estimate of drug-likeness (QED) is 0.700. The Labute approximate surface area is 176 Å². The maximum atomic E-state index is 13.0. The summed E-state index contributed by atoms with van der Waals surface area (Å²) >= 11 is 0. The van der Waals surface area contributed by atoms with Gasteiger partial charge in [-0.1, -0.05) is 13.3 Å². The average Bonchev–Trinajstić information content (AvgIpc) is 2.55. The molecule has 162 valence electrons. The highest BCUT2D eigenvalue weighted by Crippen LogP contribution is 2.29. The molecule has 6 nitrogen and oxygen atoms in total. The van der Waals surface area contributed by atoms with E-state index >= 15 is 0 Å². The number of nitrogens with one attached hydrogen (secondary N) is 2. The van der Waals surface area contributed by atoms with Gasteiger partial charge in [0.25, 0.3) is 0 Å². The van der Waals surface area contributed by atoms with E-state index in [0.717, 1.165) is 42.6 Å². The van der Waals surface area contributed by atoms with Crippen LogP contribution in [0.5, 0.6) is 0 Å². The summed E-state index contributed by atoms with van der Waals surface area (Å²) in [6, 6.07) is 5.99. The van der Waals surface area contributed by atoms with Crippen molar-refractivity contribution in [2.24, 2.45) is 5.92 Å². The molecule has 1 fully saturated rings. The molecule has 1 aliphatic carbocycles. The lowest BCUT2D eigenvalue weighted by molar-refractivity contribution is -0.122. The van der Waals surface area contributed by atoms with Crippen molar-refractivity contribution in [3.05, 3.63) is 23.8 Å². The van der Waals surface area contributed by atoms with Crippen molar-refractivity contribution in [1.29, 1.82) is 0 Å². The van der Waals surface area contributed by atoms with E-state index in [4.69, 9.17) is 0 Å². The Morgan fingerprint density at radius 3 is 2.34 bits per heavy atom. The normalized spacial score (nSPS) is 15.3. The highest BCUT2D eigenvalue weighted by Gasteiger charge is 2.26. The maximum Gasteiger partial charge on any atom is 0.318 e. The van der Waals surface area contributed by atoms with Gasteiger partial charge in [0.1, 0.15) is 0 Å². The van der Waals surface area contributed by atoms with Crippen LogP contribution in [0, 0.1) is 5.92 Å². The summed E-state index contributed by atoms with van der Waals surface area (Å²) in [5.41, 5.74) is 2.56. The van der Waals surface area contributed by atoms with E-state index < -0.39 is 0 Å². The second-order valence-corrected chi connectivity index (χ2v) is 9.42. The number of carbonyl (C=O) groups excluding carboxylic acids is 2. The van der Waals surface area contributed by atoms with Crippen LogP contribution in [-0.2, 0) is 11.3 Å². The zero-order valence-electron chi connectivity index (χ0n) is 19.1. The van der Waals surface area contributed by atoms with Crippen molar-refractivity contribution in [2.45, 2.75) is 78.4 Å². The molecule has 1 atom stereocenters. The molecule has 0 aromatic heterocycles. The van der Waals surface area contributed by atoms with Crippen LogP contribution in [0.15, 0.2) is 18.2 Å².